The first kappa shape index (κ1) is 15.4. The highest BCUT2D eigenvalue weighted by Gasteiger charge is 2.27. The van der Waals surface area contributed by atoms with Gasteiger partial charge in [-0.15, -0.1) is 0 Å². The summed E-state index contributed by atoms with van der Waals surface area (Å²) >= 11 is 0. The number of ether oxygens (including phenoxy) is 1. The highest BCUT2D eigenvalue weighted by Crippen LogP contribution is 2.31. The zero-order chi connectivity index (χ0) is 14.6. The monoisotopic (exact) mass is 270 g/mol. The average Bonchev–Trinajstić information content (AvgIpc) is 2.63. The van der Waals surface area contributed by atoms with Gasteiger partial charge in [0.25, 0.3) is 0 Å². The summed E-state index contributed by atoms with van der Waals surface area (Å²) < 4.78 is 6.68. The number of nitrogens with zero attached hydrogens (tertiary/aromatic N) is 3. The van der Waals surface area contributed by atoms with Gasteiger partial charge in [-0.25, -0.2) is 4.68 Å². The van der Waals surface area contributed by atoms with Gasteiger partial charge in [0.1, 0.15) is 5.69 Å². The van der Waals surface area contributed by atoms with Gasteiger partial charge in [0, 0.05) is 25.8 Å². The number of nitro groups is 1. The Morgan fingerprint density at radius 1 is 1.47 bits per heavy atom. The topological polar surface area (TPSA) is 82.2 Å². The van der Waals surface area contributed by atoms with Gasteiger partial charge in [0.15, 0.2) is 0 Å². The third-order valence-corrected chi connectivity index (χ3v) is 2.86. The van der Waals surface area contributed by atoms with Gasteiger partial charge < -0.3 is 10.1 Å². The molecule has 0 bridgehead atoms. The molecule has 0 radical (unpaired) electrons. The van der Waals surface area contributed by atoms with Gasteiger partial charge in [0.05, 0.1) is 4.92 Å². The molecule has 0 aromatic carbocycles. The average molecular weight is 270 g/mol. The number of nitrogens with one attached hydrogen (secondary N) is 1. The summed E-state index contributed by atoms with van der Waals surface area (Å²) in [5, 5.41) is 18.6. The van der Waals surface area contributed by atoms with Crippen LogP contribution in [-0.2, 0) is 4.74 Å². The summed E-state index contributed by atoms with van der Waals surface area (Å²) in [6.45, 7) is 8.12. The highest BCUT2D eigenvalue weighted by molar-refractivity contribution is 5.60. The minimum Gasteiger partial charge on any atom is -0.385 e. The molecule has 1 heterocycles. The van der Waals surface area contributed by atoms with Gasteiger partial charge in [-0.1, -0.05) is 0 Å². The van der Waals surface area contributed by atoms with Crippen LogP contribution < -0.4 is 5.32 Å². The number of anilines is 1. The van der Waals surface area contributed by atoms with E-state index in [1.54, 1.807) is 18.7 Å². The molecule has 0 aliphatic heterocycles. The molecule has 1 rings (SSSR count). The molecule has 1 unspecified atom stereocenters. The summed E-state index contributed by atoms with van der Waals surface area (Å²) in [5.41, 5.74) is 0.484. The SMILES string of the molecule is COCCC(C)Nc1c([N+](=O)[O-])c(C)nn1C(C)C. The number of methoxy groups -OCH3 is 1. The molecule has 0 spiro atoms. The van der Waals surface area contributed by atoms with Crippen LogP contribution in [0.2, 0.25) is 0 Å². The number of aryl methyl sites for hydroxylation is 1. The van der Waals surface area contributed by atoms with Gasteiger partial charge in [-0.3, -0.25) is 10.1 Å². The van der Waals surface area contributed by atoms with Gasteiger partial charge in [-0.05, 0) is 34.1 Å². The predicted octanol–water partition coefficient (Wildman–Crippen LogP) is 2.52. The lowest BCUT2D eigenvalue weighted by atomic mass is 10.2. The smallest absolute Gasteiger partial charge is 0.333 e. The summed E-state index contributed by atoms with van der Waals surface area (Å²) in [6, 6.07) is 0.136. The van der Waals surface area contributed by atoms with Crippen molar-refractivity contribution >= 4 is 11.5 Å². The third-order valence-electron chi connectivity index (χ3n) is 2.86. The molecule has 0 saturated carbocycles. The van der Waals surface area contributed by atoms with Crippen molar-refractivity contribution in [3.8, 4) is 0 Å². The van der Waals surface area contributed by atoms with Crippen molar-refractivity contribution < 1.29 is 9.66 Å². The zero-order valence-corrected chi connectivity index (χ0v) is 12.1. The minimum atomic E-state index is -0.382. The largest absolute Gasteiger partial charge is 0.385 e. The fourth-order valence-electron chi connectivity index (χ4n) is 1.87. The number of aromatic nitrogens is 2. The molecule has 1 atom stereocenters. The fourth-order valence-corrected chi connectivity index (χ4v) is 1.87. The Morgan fingerprint density at radius 3 is 2.58 bits per heavy atom. The second kappa shape index (κ2) is 6.51. The van der Waals surface area contributed by atoms with E-state index in [2.05, 4.69) is 10.4 Å². The predicted molar refractivity (Wildman–Crippen MR) is 73.6 cm³/mol. The van der Waals surface area contributed by atoms with Crippen molar-refractivity contribution in [3.05, 3.63) is 15.8 Å². The molecule has 0 aliphatic rings. The quantitative estimate of drug-likeness (QED) is 0.608. The van der Waals surface area contributed by atoms with E-state index in [1.165, 1.54) is 0 Å². The van der Waals surface area contributed by atoms with Crippen molar-refractivity contribution in [1.29, 1.82) is 0 Å². The first-order valence-corrected chi connectivity index (χ1v) is 6.37. The molecule has 0 saturated heterocycles. The van der Waals surface area contributed by atoms with Crippen LogP contribution in [0, 0.1) is 17.0 Å². The van der Waals surface area contributed by atoms with Crippen molar-refractivity contribution in [2.75, 3.05) is 19.0 Å². The summed E-state index contributed by atoms with van der Waals surface area (Å²) in [7, 11) is 1.64. The maximum atomic E-state index is 11.2. The van der Waals surface area contributed by atoms with Crippen molar-refractivity contribution in [2.24, 2.45) is 0 Å². The van der Waals surface area contributed by atoms with Crippen LogP contribution in [0.15, 0.2) is 0 Å². The van der Waals surface area contributed by atoms with Gasteiger partial charge >= 0.3 is 5.69 Å². The van der Waals surface area contributed by atoms with E-state index in [9.17, 15) is 10.1 Å². The fraction of sp³-hybridized carbons (Fsp3) is 0.750. The minimum absolute atomic E-state index is 0.0537. The normalized spacial score (nSPS) is 12.7. The highest BCUT2D eigenvalue weighted by atomic mass is 16.6. The Labute approximate surface area is 113 Å². The van der Waals surface area contributed by atoms with Crippen LogP contribution in [0.3, 0.4) is 0 Å². The number of hydrogen-bond acceptors (Lipinski definition) is 5. The Balaban J connectivity index is 3.05. The van der Waals surface area contributed by atoms with Crippen molar-refractivity contribution in [1.82, 2.24) is 9.78 Å². The second-order valence-corrected chi connectivity index (χ2v) is 4.90. The van der Waals surface area contributed by atoms with E-state index in [0.29, 0.717) is 18.1 Å². The van der Waals surface area contributed by atoms with Crippen molar-refractivity contribution in [2.45, 2.75) is 46.2 Å². The Morgan fingerprint density at radius 2 is 2.11 bits per heavy atom. The van der Waals surface area contributed by atoms with E-state index < -0.39 is 0 Å². The zero-order valence-electron chi connectivity index (χ0n) is 12.1. The van der Waals surface area contributed by atoms with E-state index in [-0.39, 0.29) is 22.7 Å². The first-order chi connectivity index (χ1) is 8.88. The van der Waals surface area contributed by atoms with Crippen LogP contribution in [-0.4, -0.2) is 34.5 Å². The Kier molecular flexibility index (Phi) is 5.29. The number of hydrogen-bond donors (Lipinski definition) is 1. The maximum absolute atomic E-state index is 11.2. The first-order valence-electron chi connectivity index (χ1n) is 6.37. The summed E-state index contributed by atoms with van der Waals surface area (Å²) in [4.78, 5) is 10.8. The standard InChI is InChI=1S/C12H22N4O3/c1-8(2)15-12(13-9(3)6-7-19-5)11(16(17)18)10(4)14-15/h8-9,13H,6-7H2,1-5H3. The van der Waals surface area contributed by atoms with Crippen LogP contribution in [0.4, 0.5) is 11.5 Å². The molecular formula is C12H22N4O3. The molecule has 0 aliphatic carbocycles. The van der Waals surface area contributed by atoms with Crippen LogP contribution in [0.5, 0.6) is 0 Å². The molecule has 7 heteroatoms. The lowest BCUT2D eigenvalue weighted by Gasteiger charge is -2.17. The molecule has 0 fully saturated rings. The van der Waals surface area contributed by atoms with Crippen LogP contribution >= 0.6 is 0 Å². The van der Waals surface area contributed by atoms with Crippen LogP contribution in [0.25, 0.3) is 0 Å². The molecule has 7 nitrogen and oxygen atoms in total. The molecule has 1 N–H and O–H groups in total. The Hall–Kier alpha value is -1.63. The van der Waals surface area contributed by atoms with E-state index in [1.807, 2.05) is 20.8 Å². The Bertz CT molecular complexity index is 442. The lowest BCUT2D eigenvalue weighted by Crippen LogP contribution is -2.21. The lowest BCUT2D eigenvalue weighted by molar-refractivity contribution is -0.384. The summed E-state index contributed by atoms with van der Waals surface area (Å²) in [5.74, 6) is 0.473. The molecule has 19 heavy (non-hydrogen) atoms. The third kappa shape index (κ3) is 3.66. The van der Waals surface area contributed by atoms with E-state index >= 15 is 0 Å². The molecule has 108 valence electrons. The molecule has 1 aromatic heterocycles. The van der Waals surface area contributed by atoms with Crippen molar-refractivity contribution in [3.63, 3.8) is 0 Å². The summed E-state index contributed by atoms with van der Waals surface area (Å²) in [6.07, 6.45) is 0.774. The molecule has 0 amide bonds. The molecular weight excluding hydrogens is 248 g/mol. The van der Waals surface area contributed by atoms with E-state index in [0.717, 1.165) is 6.42 Å². The van der Waals surface area contributed by atoms with Gasteiger partial charge in [-0.2, -0.15) is 5.10 Å². The number of rotatable bonds is 7. The van der Waals surface area contributed by atoms with E-state index in [4.69, 9.17) is 4.74 Å². The van der Waals surface area contributed by atoms with Crippen LogP contribution in [0.1, 0.15) is 38.9 Å². The maximum Gasteiger partial charge on any atom is 0.333 e. The molecule has 1 aromatic rings. The second-order valence-electron chi connectivity index (χ2n) is 4.90. The van der Waals surface area contributed by atoms with Gasteiger partial charge in [0.2, 0.25) is 5.82 Å².